The molecular weight excluding hydrogens is 322 g/mol. The SMILES string of the molecule is O=C(C1CC=CCC1)N1CCC2NNC(c3ccccc3Cl)C2C1. The minimum atomic E-state index is 0.158. The Morgan fingerprint density at radius 3 is 2.83 bits per heavy atom. The largest absolute Gasteiger partial charge is 0.342 e. The van der Waals surface area contributed by atoms with Crippen LogP contribution in [0.3, 0.4) is 0 Å². The van der Waals surface area contributed by atoms with E-state index in [1.54, 1.807) is 0 Å². The lowest BCUT2D eigenvalue weighted by Gasteiger charge is -2.38. The number of allylic oxidation sites excluding steroid dienone is 2. The van der Waals surface area contributed by atoms with Crippen molar-refractivity contribution in [2.45, 2.75) is 37.8 Å². The highest BCUT2D eigenvalue weighted by Crippen LogP contribution is 2.37. The topological polar surface area (TPSA) is 44.4 Å². The third-order valence-corrected chi connectivity index (χ3v) is 6.02. The van der Waals surface area contributed by atoms with Gasteiger partial charge in [0.15, 0.2) is 0 Å². The monoisotopic (exact) mass is 345 g/mol. The first-order valence-corrected chi connectivity index (χ1v) is 9.31. The number of carbonyl (C=O) groups is 1. The number of carbonyl (C=O) groups excluding carboxylic acids is 1. The molecule has 4 unspecified atom stereocenters. The molecule has 0 aromatic heterocycles. The summed E-state index contributed by atoms with van der Waals surface area (Å²) in [5.74, 6) is 0.872. The molecule has 1 amide bonds. The van der Waals surface area contributed by atoms with Gasteiger partial charge in [0.1, 0.15) is 0 Å². The van der Waals surface area contributed by atoms with Gasteiger partial charge in [0.05, 0.1) is 6.04 Å². The van der Waals surface area contributed by atoms with Gasteiger partial charge in [-0.05, 0) is 37.3 Å². The standard InChI is InChI=1S/C19H24ClN3O/c20-16-9-5-4-8-14(16)18-15-12-23(11-10-17(15)21-22-18)19(24)13-6-2-1-3-7-13/h1-2,4-5,8-9,13,15,17-18,21-22H,3,6-7,10-12H2. The number of nitrogens with zero attached hydrogens (tertiary/aromatic N) is 1. The van der Waals surface area contributed by atoms with E-state index >= 15 is 0 Å². The van der Waals surface area contributed by atoms with Crippen LogP contribution in [0, 0.1) is 11.8 Å². The van der Waals surface area contributed by atoms with Gasteiger partial charge in [-0.3, -0.25) is 10.2 Å². The molecule has 0 bridgehead atoms. The molecule has 0 radical (unpaired) electrons. The summed E-state index contributed by atoms with van der Waals surface area (Å²) in [7, 11) is 0. The van der Waals surface area contributed by atoms with Crippen molar-refractivity contribution in [2.75, 3.05) is 13.1 Å². The zero-order chi connectivity index (χ0) is 16.5. The maximum atomic E-state index is 12.9. The van der Waals surface area contributed by atoms with Gasteiger partial charge in [-0.15, -0.1) is 0 Å². The molecule has 1 aromatic rings. The molecule has 128 valence electrons. The number of likely N-dealkylation sites (tertiary alicyclic amines) is 1. The normalized spacial score (nSPS) is 32.6. The molecule has 2 aliphatic heterocycles. The number of hydrogen-bond acceptors (Lipinski definition) is 3. The van der Waals surface area contributed by atoms with Crippen LogP contribution < -0.4 is 10.9 Å². The summed E-state index contributed by atoms with van der Waals surface area (Å²) < 4.78 is 0. The van der Waals surface area contributed by atoms with Crippen molar-refractivity contribution in [3.63, 3.8) is 0 Å². The second-order valence-corrected chi connectivity index (χ2v) is 7.52. The summed E-state index contributed by atoms with van der Waals surface area (Å²) in [4.78, 5) is 15.0. The highest BCUT2D eigenvalue weighted by molar-refractivity contribution is 6.31. The van der Waals surface area contributed by atoms with Crippen LogP contribution in [-0.2, 0) is 4.79 Å². The van der Waals surface area contributed by atoms with Crippen molar-refractivity contribution in [1.82, 2.24) is 15.8 Å². The Morgan fingerprint density at radius 1 is 1.17 bits per heavy atom. The Kier molecular flexibility index (Phi) is 4.61. The first-order valence-electron chi connectivity index (χ1n) is 8.93. The maximum Gasteiger partial charge on any atom is 0.226 e. The van der Waals surface area contributed by atoms with Gasteiger partial charge < -0.3 is 4.90 Å². The summed E-state index contributed by atoms with van der Waals surface area (Å²) in [5.41, 5.74) is 7.95. The summed E-state index contributed by atoms with van der Waals surface area (Å²) >= 11 is 6.40. The number of benzene rings is 1. The maximum absolute atomic E-state index is 12.9. The van der Waals surface area contributed by atoms with Gasteiger partial charge in [0, 0.05) is 36.0 Å². The van der Waals surface area contributed by atoms with Gasteiger partial charge in [-0.25, -0.2) is 5.43 Å². The van der Waals surface area contributed by atoms with Gasteiger partial charge in [-0.2, -0.15) is 0 Å². The van der Waals surface area contributed by atoms with Crippen molar-refractivity contribution in [3.8, 4) is 0 Å². The highest BCUT2D eigenvalue weighted by Gasteiger charge is 2.42. The predicted molar refractivity (Wildman–Crippen MR) is 95.4 cm³/mol. The van der Waals surface area contributed by atoms with Gasteiger partial charge in [-0.1, -0.05) is 42.0 Å². The van der Waals surface area contributed by atoms with E-state index in [1.165, 1.54) is 0 Å². The fourth-order valence-electron chi connectivity index (χ4n) is 4.31. The fourth-order valence-corrected chi connectivity index (χ4v) is 4.57. The van der Waals surface area contributed by atoms with Gasteiger partial charge in [0.25, 0.3) is 0 Å². The number of rotatable bonds is 2. The van der Waals surface area contributed by atoms with E-state index in [9.17, 15) is 4.79 Å². The fraction of sp³-hybridized carbons (Fsp3) is 0.526. The van der Waals surface area contributed by atoms with Crippen LogP contribution in [0.25, 0.3) is 0 Å². The number of fused-ring (bicyclic) bond motifs is 1. The van der Waals surface area contributed by atoms with Gasteiger partial charge >= 0.3 is 0 Å². The number of halogens is 1. The Hall–Kier alpha value is -1.36. The van der Waals surface area contributed by atoms with E-state index in [0.717, 1.165) is 49.4 Å². The van der Waals surface area contributed by atoms with E-state index in [4.69, 9.17) is 11.6 Å². The summed E-state index contributed by atoms with van der Waals surface area (Å²) in [6.07, 6.45) is 8.26. The molecule has 3 aliphatic rings. The van der Waals surface area contributed by atoms with Crippen molar-refractivity contribution in [2.24, 2.45) is 11.8 Å². The average molecular weight is 346 g/mol. The lowest BCUT2D eigenvalue weighted by atomic mass is 9.84. The van der Waals surface area contributed by atoms with Crippen LogP contribution >= 0.6 is 11.6 Å². The van der Waals surface area contributed by atoms with Crippen LogP contribution in [0.1, 0.15) is 37.3 Å². The molecule has 2 N–H and O–H groups in total. The zero-order valence-electron chi connectivity index (χ0n) is 13.7. The highest BCUT2D eigenvalue weighted by atomic mass is 35.5. The lowest BCUT2D eigenvalue weighted by molar-refractivity contribution is -0.137. The third kappa shape index (κ3) is 2.99. The molecule has 4 atom stereocenters. The number of piperidine rings is 1. The van der Waals surface area contributed by atoms with Crippen molar-refractivity contribution >= 4 is 17.5 Å². The molecule has 4 rings (SSSR count). The van der Waals surface area contributed by atoms with Crippen LogP contribution in [0.4, 0.5) is 0 Å². The molecule has 0 spiro atoms. The van der Waals surface area contributed by atoms with Crippen molar-refractivity contribution in [3.05, 3.63) is 47.0 Å². The molecule has 4 nitrogen and oxygen atoms in total. The Balaban J connectivity index is 1.50. The molecule has 1 aromatic carbocycles. The number of hydrazine groups is 1. The van der Waals surface area contributed by atoms with E-state index in [1.807, 2.05) is 18.2 Å². The summed E-state index contributed by atoms with van der Waals surface area (Å²) in [6.45, 7) is 1.66. The van der Waals surface area contributed by atoms with Crippen LogP contribution in [-0.4, -0.2) is 29.9 Å². The number of nitrogens with one attached hydrogen (secondary N) is 2. The Bertz CT molecular complexity index is 647. The third-order valence-electron chi connectivity index (χ3n) is 5.68. The second kappa shape index (κ2) is 6.87. The molecule has 0 saturated carbocycles. The number of amides is 1. The van der Waals surface area contributed by atoms with E-state index < -0.39 is 0 Å². The molecule has 2 saturated heterocycles. The Labute approximate surface area is 148 Å². The lowest BCUT2D eigenvalue weighted by Crippen LogP contribution is -2.49. The first-order chi connectivity index (χ1) is 11.7. The minimum absolute atomic E-state index is 0.158. The van der Waals surface area contributed by atoms with Crippen molar-refractivity contribution < 1.29 is 4.79 Å². The predicted octanol–water partition coefficient (Wildman–Crippen LogP) is 3.06. The molecule has 2 heterocycles. The smallest absolute Gasteiger partial charge is 0.226 e. The zero-order valence-corrected chi connectivity index (χ0v) is 14.5. The Morgan fingerprint density at radius 2 is 2.04 bits per heavy atom. The molecular formula is C19H24ClN3O. The second-order valence-electron chi connectivity index (χ2n) is 7.11. The first kappa shape index (κ1) is 16.1. The number of hydrogen-bond donors (Lipinski definition) is 2. The quantitative estimate of drug-likeness (QED) is 0.810. The van der Waals surface area contributed by atoms with E-state index in [2.05, 4.69) is 34.0 Å². The van der Waals surface area contributed by atoms with Crippen molar-refractivity contribution in [1.29, 1.82) is 0 Å². The van der Waals surface area contributed by atoms with Crippen LogP contribution in [0.15, 0.2) is 36.4 Å². The molecule has 24 heavy (non-hydrogen) atoms. The summed E-state index contributed by atoms with van der Waals surface area (Å²) in [5, 5.41) is 0.790. The molecule has 5 heteroatoms. The molecule has 1 aliphatic carbocycles. The van der Waals surface area contributed by atoms with Gasteiger partial charge in [0.2, 0.25) is 5.91 Å². The van der Waals surface area contributed by atoms with Crippen LogP contribution in [0.5, 0.6) is 0 Å². The molecule has 2 fully saturated rings. The van der Waals surface area contributed by atoms with E-state index in [0.29, 0.717) is 17.9 Å². The average Bonchev–Trinajstić information content (AvgIpc) is 3.05. The van der Waals surface area contributed by atoms with Crippen LogP contribution in [0.2, 0.25) is 5.02 Å². The van der Waals surface area contributed by atoms with E-state index in [-0.39, 0.29) is 12.0 Å². The summed E-state index contributed by atoms with van der Waals surface area (Å²) in [6, 6.07) is 8.56. The minimum Gasteiger partial charge on any atom is -0.342 e.